The average Bonchev–Trinajstić information content (AvgIpc) is 1.87. The zero-order valence-corrected chi connectivity index (χ0v) is 6.33. The standard InChI is InChI=1S/C6H15NO3/c1-3-5(8)4-6(2,9)7-10/h5,7-10H,3-4H2,1-2H3. The first-order valence-corrected chi connectivity index (χ1v) is 3.33. The highest BCUT2D eigenvalue weighted by Crippen LogP contribution is 2.09. The van der Waals surface area contributed by atoms with Gasteiger partial charge < -0.3 is 15.4 Å². The molecule has 4 heteroatoms. The molecule has 0 aliphatic heterocycles. The number of hydrogen-bond acceptors (Lipinski definition) is 4. The van der Waals surface area contributed by atoms with Crippen molar-refractivity contribution in [3.8, 4) is 0 Å². The number of aliphatic hydroxyl groups excluding tert-OH is 1. The quantitative estimate of drug-likeness (QED) is 0.331. The van der Waals surface area contributed by atoms with Crippen LogP contribution in [0.25, 0.3) is 0 Å². The summed E-state index contributed by atoms with van der Waals surface area (Å²) in [5.41, 5.74) is 0.323. The van der Waals surface area contributed by atoms with Crippen molar-refractivity contribution in [1.82, 2.24) is 5.48 Å². The van der Waals surface area contributed by atoms with Gasteiger partial charge in [-0.1, -0.05) is 6.92 Å². The lowest BCUT2D eigenvalue weighted by Gasteiger charge is -2.23. The fourth-order valence-corrected chi connectivity index (χ4v) is 0.649. The summed E-state index contributed by atoms with van der Waals surface area (Å²) in [5.74, 6) is 0. The molecule has 0 spiro atoms. The van der Waals surface area contributed by atoms with E-state index in [0.29, 0.717) is 6.42 Å². The van der Waals surface area contributed by atoms with Gasteiger partial charge in [0.05, 0.1) is 6.10 Å². The Morgan fingerprint density at radius 3 is 2.40 bits per heavy atom. The molecule has 0 aromatic rings. The van der Waals surface area contributed by atoms with Crippen LogP contribution in [0.15, 0.2) is 0 Å². The van der Waals surface area contributed by atoms with E-state index in [9.17, 15) is 0 Å². The fraction of sp³-hybridized carbons (Fsp3) is 1.00. The van der Waals surface area contributed by atoms with Crippen molar-refractivity contribution in [2.75, 3.05) is 0 Å². The molecule has 2 atom stereocenters. The van der Waals surface area contributed by atoms with Gasteiger partial charge in [0.1, 0.15) is 5.72 Å². The van der Waals surface area contributed by atoms with Gasteiger partial charge in [0, 0.05) is 6.42 Å². The van der Waals surface area contributed by atoms with E-state index >= 15 is 0 Å². The minimum absolute atomic E-state index is 0.125. The maximum Gasteiger partial charge on any atom is 0.137 e. The van der Waals surface area contributed by atoms with E-state index in [0.717, 1.165) is 0 Å². The minimum Gasteiger partial charge on any atom is -0.393 e. The first kappa shape index (κ1) is 9.84. The van der Waals surface area contributed by atoms with Gasteiger partial charge in [-0.05, 0) is 13.3 Å². The van der Waals surface area contributed by atoms with Gasteiger partial charge in [0.25, 0.3) is 0 Å². The van der Waals surface area contributed by atoms with Crippen molar-refractivity contribution < 1.29 is 15.4 Å². The van der Waals surface area contributed by atoms with E-state index in [-0.39, 0.29) is 6.42 Å². The topological polar surface area (TPSA) is 72.7 Å². The molecule has 62 valence electrons. The highest BCUT2D eigenvalue weighted by molar-refractivity contribution is 4.68. The number of nitrogens with one attached hydrogen (secondary N) is 1. The van der Waals surface area contributed by atoms with Crippen molar-refractivity contribution >= 4 is 0 Å². The van der Waals surface area contributed by atoms with E-state index in [4.69, 9.17) is 15.4 Å². The lowest BCUT2D eigenvalue weighted by atomic mass is 10.1. The Kier molecular flexibility index (Phi) is 3.81. The highest BCUT2D eigenvalue weighted by atomic mass is 16.5. The summed E-state index contributed by atoms with van der Waals surface area (Å²) in [5, 5.41) is 26.4. The first-order valence-electron chi connectivity index (χ1n) is 3.33. The van der Waals surface area contributed by atoms with Crippen LogP contribution >= 0.6 is 0 Å². The highest BCUT2D eigenvalue weighted by Gasteiger charge is 2.21. The Hall–Kier alpha value is -0.160. The normalized spacial score (nSPS) is 20.1. The summed E-state index contributed by atoms with van der Waals surface area (Å²) in [7, 11) is 0. The Morgan fingerprint density at radius 2 is 2.10 bits per heavy atom. The molecule has 0 aliphatic rings. The van der Waals surface area contributed by atoms with E-state index in [1.54, 1.807) is 12.4 Å². The van der Waals surface area contributed by atoms with Crippen LogP contribution in [0, 0.1) is 0 Å². The molecular formula is C6H15NO3. The second-order valence-corrected chi connectivity index (χ2v) is 2.65. The largest absolute Gasteiger partial charge is 0.393 e. The summed E-state index contributed by atoms with van der Waals surface area (Å²) in [6.07, 6.45) is 0.118. The van der Waals surface area contributed by atoms with Crippen LogP contribution in [-0.4, -0.2) is 27.2 Å². The zero-order valence-electron chi connectivity index (χ0n) is 6.33. The van der Waals surface area contributed by atoms with Gasteiger partial charge in [-0.3, -0.25) is 0 Å². The minimum atomic E-state index is -1.38. The molecule has 0 saturated heterocycles. The summed E-state index contributed by atoms with van der Waals surface area (Å²) in [6.45, 7) is 3.20. The molecule has 0 heterocycles. The maximum absolute atomic E-state index is 9.10. The summed E-state index contributed by atoms with van der Waals surface area (Å²) >= 11 is 0. The van der Waals surface area contributed by atoms with Gasteiger partial charge in [-0.25, -0.2) is 0 Å². The van der Waals surface area contributed by atoms with Gasteiger partial charge in [-0.2, -0.15) is 5.48 Å². The number of aliphatic hydroxyl groups is 2. The monoisotopic (exact) mass is 149 g/mol. The second-order valence-electron chi connectivity index (χ2n) is 2.65. The molecule has 0 aromatic carbocycles. The molecule has 4 N–H and O–H groups in total. The first-order chi connectivity index (χ1) is 4.52. The molecule has 0 bridgehead atoms. The van der Waals surface area contributed by atoms with E-state index in [2.05, 4.69) is 0 Å². The molecule has 2 unspecified atom stereocenters. The third kappa shape index (κ3) is 3.79. The lowest BCUT2D eigenvalue weighted by molar-refractivity contribution is -0.104. The molecule has 0 aliphatic carbocycles. The lowest BCUT2D eigenvalue weighted by Crippen LogP contribution is -2.42. The van der Waals surface area contributed by atoms with Crippen LogP contribution in [0.3, 0.4) is 0 Å². The van der Waals surface area contributed by atoms with Crippen molar-refractivity contribution in [2.45, 2.75) is 38.5 Å². The molecule has 0 amide bonds. The summed E-state index contributed by atoms with van der Waals surface area (Å²) < 4.78 is 0. The molecule has 0 aromatic heterocycles. The maximum atomic E-state index is 9.10. The molecule has 0 radical (unpaired) electrons. The van der Waals surface area contributed by atoms with Crippen LogP contribution in [0.1, 0.15) is 26.7 Å². The smallest absolute Gasteiger partial charge is 0.137 e. The second kappa shape index (κ2) is 3.88. The Bertz CT molecular complexity index is 95.0. The van der Waals surface area contributed by atoms with E-state index in [1.807, 2.05) is 0 Å². The van der Waals surface area contributed by atoms with Crippen LogP contribution < -0.4 is 5.48 Å². The molecule has 10 heavy (non-hydrogen) atoms. The predicted octanol–water partition coefficient (Wildman–Crippen LogP) is -0.165. The molecule has 0 fully saturated rings. The van der Waals surface area contributed by atoms with Crippen molar-refractivity contribution in [1.29, 1.82) is 0 Å². The fourth-order valence-electron chi connectivity index (χ4n) is 0.649. The number of hydroxylamine groups is 1. The van der Waals surface area contributed by atoms with Gasteiger partial charge >= 0.3 is 0 Å². The van der Waals surface area contributed by atoms with Crippen molar-refractivity contribution in [3.05, 3.63) is 0 Å². The zero-order chi connectivity index (χ0) is 8.20. The molecular weight excluding hydrogens is 134 g/mol. The van der Waals surface area contributed by atoms with Crippen LogP contribution in [0.5, 0.6) is 0 Å². The third-order valence-electron chi connectivity index (χ3n) is 1.35. The molecule has 0 rings (SSSR count). The summed E-state index contributed by atoms with van der Waals surface area (Å²) in [4.78, 5) is 0. The Morgan fingerprint density at radius 1 is 1.60 bits per heavy atom. The SMILES string of the molecule is CCC(O)CC(C)(O)NO. The van der Waals surface area contributed by atoms with Crippen LogP contribution in [-0.2, 0) is 0 Å². The number of hydrogen-bond donors (Lipinski definition) is 4. The average molecular weight is 149 g/mol. The predicted molar refractivity (Wildman–Crippen MR) is 36.5 cm³/mol. The van der Waals surface area contributed by atoms with Crippen molar-refractivity contribution in [2.24, 2.45) is 0 Å². The Labute approximate surface area is 60.5 Å². The molecule has 4 nitrogen and oxygen atoms in total. The van der Waals surface area contributed by atoms with Gasteiger partial charge in [0.2, 0.25) is 0 Å². The van der Waals surface area contributed by atoms with E-state index in [1.165, 1.54) is 6.92 Å². The molecule has 0 saturated carbocycles. The summed E-state index contributed by atoms with van der Waals surface area (Å²) in [6, 6.07) is 0. The number of rotatable bonds is 4. The third-order valence-corrected chi connectivity index (χ3v) is 1.35. The van der Waals surface area contributed by atoms with E-state index < -0.39 is 11.8 Å². The van der Waals surface area contributed by atoms with Crippen LogP contribution in [0.4, 0.5) is 0 Å². The van der Waals surface area contributed by atoms with Gasteiger partial charge in [-0.15, -0.1) is 0 Å². The van der Waals surface area contributed by atoms with Crippen molar-refractivity contribution in [3.63, 3.8) is 0 Å². The Balaban J connectivity index is 3.64. The van der Waals surface area contributed by atoms with Crippen LogP contribution in [0.2, 0.25) is 0 Å². The van der Waals surface area contributed by atoms with Gasteiger partial charge in [0.15, 0.2) is 0 Å².